The van der Waals surface area contributed by atoms with Crippen LogP contribution in [0.4, 0.5) is 5.82 Å². The van der Waals surface area contributed by atoms with Gasteiger partial charge in [0.15, 0.2) is 5.82 Å². The second-order valence-electron chi connectivity index (χ2n) is 7.17. The highest BCUT2D eigenvalue weighted by Crippen LogP contribution is 2.26. The van der Waals surface area contributed by atoms with Crippen molar-refractivity contribution in [2.45, 2.75) is 13.8 Å². The summed E-state index contributed by atoms with van der Waals surface area (Å²) in [5, 5.41) is 3.87. The summed E-state index contributed by atoms with van der Waals surface area (Å²) in [6, 6.07) is 23.3. The van der Waals surface area contributed by atoms with E-state index in [9.17, 15) is 4.79 Å². The molecule has 7 heteroatoms. The molecule has 3 heterocycles. The second-order valence-corrected chi connectivity index (χ2v) is 8.18. The van der Waals surface area contributed by atoms with Crippen LogP contribution in [0.3, 0.4) is 0 Å². The van der Waals surface area contributed by atoms with E-state index in [4.69, 9.17) is 0 Å². The highest BCUT2D eigenvalue weighted by atomic mass is 32.1. The van der Waals surface area contributed by atoms with E-state index in [1.807, 2.05) is 86.6 Å². The van der Waals surface area contributed by atoms with E-state index in [1.165, 1.54) is 16.0 Å². The first kappa shape index (κ1) is 19.1. The van der Waals surface area contributed by atoms with Crippen molar-refractivity contribution in [1.29, 1.82) is 0 Å². The van der Waals surface area contributed by atoms with Gasteiger partial charge in [-0.15, -0.1) is 0 Å². The number of hydrogen-bond donors (Lipinski definition) is 1. The Labute approximate surface area is 182 Å². The molecule has 0 saturated carbocycles. The Morgan fingerprint density at radius 3 is 2.52 bits per heavy atom. The molecule has 5 aromatic rings. The molecule has 0 aliphatic rings. The Balaban J connectivity index is 1.72. The Morgan fingerprint density at radius 1 is 0.968 bits per heavy atom. The van der Waals surface area contributed by atoms with Gasteiger partial charge < -0.3 is 0 Å². The fraction of sp³-hybridized carbons (Fsp3) is 0.0833. The van der Waals surface area contributed by atoms with Gasteiger partial charge >= 0.3 is 0 Å². The lowest BCUT2D eigenvalue weighted by atomic mass is 10.1. The van der Waals surface area contributed by atoms with E-state index < -0.39 is 0 Å². The van der Waals surface area contributed by atoms with Crippen molar-refractivity contribution >= 4 is 33.1 Å². The largest absolute Gasteiger partial charge is 0.288 e. The van der Waals surface area contributed by atoms with Crippen molar-refractivity contribution in [2.24, 2.45) is 4.99 Å². The monoisotopic (exact) mass is 425 g/mol. The highest BCUT2D eigenvalue weighted by Gasteiger charge is 2.21. The number of benzene rings is 2. The van der Waals surface area contributed by atoms with Gasteiger partial charge in [-0.1, -0.05) is 59.9 Å². The number of aliphatic imine (C=N–C) groups is 1. The third-order valence-electron chi connectivity index (χ3n) is 4.94. The van der Waals surface area contributed by atoms with Crippen LogP contribution in [0, 0.1) is 6.92 Å². The fourth-order valence-corrected chi connectivity index (χ4v) is 4.42. The van der Waals surface area contributed by atoms with E-state index in [-0.39, 0.29) is 5.56 Å². The third kappa shape index (κ3) is 3.60. The van der Waals surface area contributed by atoms with Crippen LogP contribution >= 0.6 is 11.3 Å². The molecule has 0 radical (unpaired) electrons. The zero-order chi connectivity index (χ0) is 21.4. The maximum atomic E-state index is 13.5. The Bertz CT molecular complexity index is 1440. The minimum atomic E-state index is -0.188. The average molecular weight is 426 g/mol. The van der Waals surface area contributed by atoms with Gasteiger partial charge in [-0.05, 0) is 38.1 Å². The van der Waals surface area contributed by atoms with Crippen LogP contribution in [0.5, 0.6) is 0 Å². The zero-order valence-corrected chi connectivity index (χ0v) is 17.9. The van der Waals surface area contributed by atoms with Gasteiger partial charge in [0, 0.05) is 11.3 Å². The molecule has 0 spiro atoms. The summed E-state index contributed by atoms with van der Waals surface area (Å²) in [6.07, 6.45) is 0. The van der Waals surface area contributed by atoms with Crippen LogP contribution in [-0.4, -0.2) is 25.5 Å². The predicted molar refractivity (Wildman–Crippen MR) is 126 cm³/mol. The number of aromatic amines is 1. The molecule has 0 fully saturated rings. The molecule has 0 aliphatic carbocycles. The molecule has 5 rings (SSSR count). The molecular weight excluding hydrogens is 406 g/mol. The number of aromatic nitrogens is 4. The molecule has 0 saturated heterocycles. The molecular formula is C24H19N5OS. The topological polar surface area (TPSA) is 75.9 Å². The number of fused-ring (bicyclic) bond motifs is 1. The zero-order valence-electron chi connectivity index (χ0n) is 17.0. The molecule has 0 amide bonds. The first-order valence-electron chi connectivity index (χ1n) is 9.86. The predicted octanol–water partition coefficient (Wildman–Crippen LogP) is 5.29. The molecule has 1 N–H and O–H groups in total. The number of pyridine rings is 1. The molecule has 6 nitrogen and oxygen atoms in total. The number of thiazole rings is 1. The van der Waals surface area contributed by atoms with Gasteiger partial charge in [0.2, 0.25) is 5.13 Å². The fourth-order valence-electron chi connectivity index (χ4n) is 3.50. The SMILES string of the molecule is CC(=Nc1cccc(C)n1)c1c(-c2ccccc2)[nH]n(-c2nc3ccccc3s2)c1=O. The van der Waals surface area contributed by atoms with E-state index in [0.717, 1.165) is 21.5 Å². The summed E-state index contributed by atoms with van der Waals surface area (Å²) in [5.74, 6) is 0.573. The van der Waals surface area contributed by atoms with Crippen LogP contribution < -0.4 is 5.56 Å². The van der Waals surface area contributed by atoms with Crippen molar-refractivity contribution in [3.63, 3.8) is 0 Å². The van der Waals surface area contributed by atoms with Gasteiger partial charge in [-0.25, -0.2) is 15.0 Å². The van der Waals surface area contributed by atoms with Crippen molar-refractivity contribution in [3.8, 4) is 16.4 Å². The number of para-hydroxylation sites is 1. The molecule has 0 bridgehead atoms. The summed E-state index contributed by atoms with van der Waals surface area (Å²) in [6.45, 7) is 3.75. The number of H-pyrrole nitrogens is 1. The summed E-state index contributed by atoms with van der Waals surface area (Å²) >= 11 is 1.47. The number of hydrogen-bond acceptors (Lipinski definition) is 5. The van der Waals surface area contributed by atoms with Crippen LogP contribution in [0.1, 0.15) is 18.2 Å². The second kappa shape index (κ2) is 7.77. The van der Waals surface area contributed by atoms with Crippen molar-refractivity contribution in [2.75, 3.05) is 0 Å². The lowest BCUT2D eigenvalue weighted by molar-refractivity contribution is 0.845. The molecule has 0 aliphatic heterocycles. The van der Waals surface area contributed by atoms with Crippen molar-refractivity contribution in [1.82, 2.24) is 19.7 Å². The minimum absolute atomic E-state index is 0.188. The molecule has 152 valence electrons. The average Bonchev–Trinajstić information content (AvgIpc) is 3.35. The smallest absolute Gasteiger partial charge is 0.283 e. The van der Waals surface area contributed by atoms with Gasteiger partial charge in [-0.3, -0.25) is 9.89 Å². The summed E-state index contributed by atoms with van der Waals surface area (Å²) in [4.78, 5) is 27.3. The van der Waals surface area contributed by atoms with E-state index in [0.29, 0.717) is 27.9 Å². The molecule has 0 atom stereocenters. The summed E-state index contributed by atoms with van der Waals surface area (Å²) < 4.78 is 2.53. The maximum absolute atomic E-state index is 13.5. The number of nitrogens with one attached hydrogen (secondary N) is 1. The minimum Gasteiger partial charge on any atom is -0.288 e. The van der Waals surface area contributed by atoms with E-state index in [1.54, 1.807) is 0 Å². The van der Waals surface area contributed by atoms with Crippen LogP contribution in [-0.2, 0) is 0 Å². The third-order valence-corrected chi connectivity index (χ3v) is 5.97. The van der Waals surface area contributed by atoms with Crippen molar-refractivity contribution < 1.29 is 0 Å². The maximum Gasteiger partial charge on any atom is 0.283 e. The first-order valence-corrected chi connectivity index (χ1v) is 10.7. The molecule has 2 aromatic carbocycles. The number of rotatable bonds is 4. The quantitative estimate of drug-likeness (QED) is 0.398. The summed E-state index contributed by atoms with van der Waals surface area (Å²) in [7, 11) is 0. The van der Waals surface area contributed by atoms with Gasteiger partial charge in [-0.2, -0.15) is 4.68 Å². The first-order chi connectivity index (χ1) is 15.1. The standard InChI is InChI=1S/C24H19N5OS/c1-15-9-8-14-20(25-15)26-16(2)21-22(17-10-4-3-5-11-17)28-29(23(21)30)24-27-18-12-6-7-13-19(18)31-24/h3-14,28H,1-2H3. The van der Waals surface area contributed by atoms with Crippen LogP contribution in [0.25, 0.3) is 26.6 Å². The Morgan fingerprint density at radius 2 is 1.74 bits per heavy atom. The number of aryl methyl sites for hydroxylation is 1. The van der Waals surface area contributed by atoms with Crippen LogP contribution in [0.2, 0.25) is 0 Å². The van der Waals surface area contributed by atoms with Gasteiger partial charge in [0.05, 0.1) is 27.2 Å². The van der Waals surface area contributed by atoms with E-state index >= 15 is 0 Å². The lowest BCUT2D eigenvalue weighted by Crippen LogP contribution is -2.19. The summed E-state index contributed by atoms with van der Waals surface area (Å²) in [5.41, 5.74) is 4.26. The van der Waals surface area contributed by atoms with Gasteiger partial charge in [0.25, 0.3) is 5.56 Å². The van der Waals surface area contributed by atoms with Gasteiger partial charge in [0.1, 0.15) is 0 Å². The molecule has 0 unspecified atom stereocenters. The highest BCUT2D eigenvalue weighted by molar-refractivity contribution is 7.20. The number of nitrogens with zero attached hydrogens (tertiary/aromatic N) is 4. The molecule has 31 heavy (non-hydrogen) atoms. The Hall–Kier alpha value is -3.84. The van der Waals surface area contributed by atoms with Crippen LogP contribution in [0.15, 0.2) is 82.6 Å². The van der Waals surface area contributed by atoms with Crippen molar-refractivity contribution in [3.05, 3.63) is 94.4 Å². The van der Waals surface area contributed by atoms with E-state index in [2.05, 4.69) is 20.1 Å². The molecule has 3 aromatic heterocycles. The lowest BCUT2D eigenvalue weighted by Gasteiger charge is -2.03. The normalized spacial score (nSPS) is 11.9. The Kier molecular flexibility index (Phi) is 4.80.